The molecule has 0 spiro atoms. The molecule has 0 aliphatic rings. The van der Waals surface area contributed by atoms with Crippen LogP contribution in [-0.4, -0.2) is 12.1 Å². The molecule has 0 saturated carbocycles. The van der Waals surface area contributed by atoms with Crippen molar-refractivity contribution in [2.24, 2.45) is 0 Å². The van der Waals surface area contributed by atoms with Gasteiger partial charge in [0.1, 0.15) is 5.75 Å². The summed E-state index contributed by atoms with van der Waals surface area (Å²) in [5.74, 6) is 0.886. The smallest absolute Gasteiger partial charge is 0.118 e. The van der Waals surface area contributed by atoms with Crippen molar-refractivity contribution in [3.8, 4) is 5.75 Å². The van der Waals surface area contributed by atoms with Crippen LogP contribution in [0, 0.1) is 6.92 Å². The quantitative estimate of drug-likeness (QED) is 0.891. The predicted molar refractivity (Wildman–Crippen MR) is 77.2 cm³/mol. The van der Waals surface area contributed by atoms with Crippen LogP contribution in [0.25, 0.3) is 0 Å². The van der Waals surface area contributed by atoms with Crippen LogP contribution in [0.4, 0.5) is 0 Å². The molecule has 0 unspecified atom stereocenters. The van der Waals surface area contributed by atoms with Crippen LogP contribution in [0.5, 0.6) is 5.75 Å². The summed E-state index contributed by atoms with van der Waals surface area (Å²) in [5.41, 5.74) is 3.56. The minimum Gasteiger partial charge on any atom is -0.497 e. The summed E-state index contributed by atoms with van der Waals surface area (Å²) >= 11 is 0. The minimum atomic E-state index is 0.285. The van der Waals surface area contributed by atoms with Gasteiger partial charge in [-0.2, -0.15) is 0 Å². The van der Waals surface area contributed by atoms with Gasteiger partial charge in [0.2, 0.25) is 0 Å². The third-order valence-corrected chi connectivity index (χ3v) is 3.31. The van der Waals surface area contributed by atoms with Gasteiger partial charge in [0.25, 0.3) is 0 Å². The van der Waals surface area contributed by atoms with Crippen molar-refractivity contribution < 1.29 is 4.74 Å². The Hall–Kier alpha value is -1.87. The number of aryl methyl sites for hydroxylation is 1. The SMILES string of the molecule is COc1ccc([C@H](C)NCc2ncccc2C)cc1. The monoisotopic (exact) mass is 256 g/mol. The van der Waals surface area contributed by atoms with E-state index in [2.05, 4.69) is 42.3 Å². The van der Waals surface area contributed by atoms with Crippen molar-refractivity contribution in [1.82, 2.24) is 10.3 Å². The number of aromatic nitrogens is 1. The summed E-state index contributed by atoms with van der Waals surface area (Å²) < 4.78 is 5.16. The predicted octanol–water partition coefficient (Wildman–Crippen LogP) is 3.25. The number of methoxy groups -OCH3 is 1. The van der Waals surface area contributed by atoms with Gasteiger partial charge in [-0.15, -0.1) is 0 Å². The lowest BCUT2D eigenvalue weighted by atomic mass is 10.1. The molecule has 3 heteroatoms. The molecule has 2 rings (SSSR count). The first-order valence-electron chi connectivity index (χ1n) is 6.48. The molecule has 1 heterocycles. The number of pyridine rings is 1. The number of nitrogens with one attached hydrogen (secondary N) is 1. The van der Waals surface area contributed by atoms with Gasteiger partial charge in [-0.1, -0.05) is 18.2 Å². The summed E-state index contributed by atoms with van der Waals surface area (Å²) in [4.78, 5) is 4.39. The molecule has 0 saturated heterocycles. The summed E-state index contributed by atoms with van der Waals surface area (Å²) in [6.45, 7) is 5.02. The van der Waals surface area contributed by atoms with Gasteiger partial charge in [-0.3, -0.25) is 4.98 Å². The van der Waals surface area contributed by atoms with Gasteiger partial charge < -0.3 is 10.1 Å². The summed E-state index contributed by atoms with van der Waals surface area (Å²) in [7, 11) is 1.68. The van der Waals surface area contributed by atoms with E-state index in [1.807, 2.05) is 24.4 Å². The van der Waals surface area contributed by atoms with Crippen molar-refractivity contribution >= 4 is 0 Å². The van der Waals surface area contributed by atoms with Gasteiger partial charge in [0.05, 0.1) is 12.8 Å². The molecule has 2 aromatic rings. The van der Waals surface area contributed by atoms with E-state index in [4.69, 9.17) is 4.74 Å². The molecule has 0 radical (unpaired) electrons. The lowest BCUT2D eigenvalue weighted by Gasteiger charge is -2.15. The molecule has 1 N–H and O–H groups in total. The zero-order valence-corrected chi connectivity index (χ0v) is 11.7. The highest BCUT2D eigenvalue weighted by Gasteiger charge is 2.06. The third kappa shape index (κ3) is 3.55. The Balaban J connectivity index is 1.97. The van der Waals surface area contributed by atoms with Gasteiger partial charge in [0, 0.05) is 18.8 Å². The number of ether oxygens (including phenoxy) is 1. The molecule has 0 aliphatic carbocycles. The maximum absolute atomic E-state index is 5.16. The van der Waals surface area contributed by atoms with E-state index in [9.17, 15) is 0 Å². The summed E-state index contributed by atoms with van der Waals surface area (Å²) in [6.07, 6.45) is 1.84. The zero-order chi connectivity index (χ0) is 13.7. The van der Waals surface area contributed by atoms with Crippen LogP contribution in [0.2, 0.25) is 0 Å². The van der Waals surface area contributed by atoms with Crippen LogP contribution in [0.15, 0.2) is 42.6 Å². The van der Waals surface area contributed by atoms with E-state index in [1.54, 1.807) is 7.11 Å². The Kier molecular flexibility index (Phi) is 4.53. The first-order valence-corrected chi connectivity index (χ1v) is 6.48. The van der Waals surface area contributed by atoms with Crippen molar-refractivity contribution in [2.45, 2.75) is 26.4 Å². The van der Waals surface area contributed by atoms with Crippen LogP contribution in [0.3, 0.4) is 0 Å². The highest BCUT2D eigenvalue weighted by molar-refractivity contribution is 5.29. The van der Waals surface area contributed by atoms with Gasteiger partial charge in [0.15, 0.2) is 0 Å². The fourth-order valence-electron chi connectivity index (χ4n) is 1.96. The normalized spacial score (nSPS) is 12.2. The number of rotatable bonds is 5. The average molecular weight is 256 g/mol. The Bertz CT molecular complexity index is 523. The zero-order valence-electron chi connectivity index (χ0n) is 11.7. The van der Waals surface area contributed by atoms with Crippen LogP contribution in [0.1, 0.15) is 29.8 Å². The van der Waals surface area contributed by atoms with Crippen LogP contribution >= 0.6 is 0 Å². The van der Waals surface area contributed by atoms with E-state index in [0.717, 1.165) is 18.0 Å². The van der Waals surface area contributed by atoms with Crippen molar-refractivity contribution in [3.63, 3.8) is 0 Å². The molecule has 0 fully saturated rings. The molecule has 3 nitrogen and oxygen atoms in total. The number of benzene rings is 1. The van der Waals surface area contributed by atoms with Crippen LogP contribution in [-0.2, 0) is 6.54 Å². The van der Waals surface area contributed by atoms with E-state index in [0.29, 0.717) is 0 Å². The number of nitrogens with zero attached hydrogens (tertiary/aromatic N) is 1. The van der Waals surface area contributed by atoms with Crippen LogP contribution < -0.4 is 10.1 Å². The second kappa shape index (κ2) is 6.34. The molecular formula is C16H20N2O. The molecule has 100 valence electrons. The highest BCUT2D eigenvalue weighted by Crippen LogP contribution is 2.17. The van der Waals surface area contributed by atoms with E-state index in [1.165, 1.54) is 11.1 Å². The van der Waals surface area contributed by atoms with Crippen molar-refractivity contribution in [2.75, 3.05) is 7.11 Å². The molecule has 1 aromatic heterocycles. The second-order valence-corrected chi connectivity index (χ2v) is 4.64. The van der Waals surface area contributed by atoms with Gasteiger partial charge >= 0.3 is 0 Å². The fourth-order valence-corrected chi connectivity index (χ4v) is 1.96. The van der Waals surface area contributed by atoms with E-state index < -0.39 is 0 Å². The molecule has 1 atom stereocenters. The topological polar surface area (TPSA) is 34.1 Å². The van der Waals surface area contributed by atoms with Crippen molar-refractivity contribution in [3.05, 3.63) is 59.4 Å². The first-order chi connectivity index (χ1) is 9.20. The Morgan fingerprint density at radius 2 is 1.95 bits per heavy atom. The average Bonchev–Trinajstić information content (AvgIpc) is 2.46. The molecule has 0 bridgehead atoms. The molecule has 0 amide bonds. The first kappa shape index (κ1) is 13.6. The number of hydrogen-bond acceptors (Lipinski definition) is 3. The minimum absolute atomic E-state index is 0.285. The Morgan fingerprint density at radius 3 is 2.58 bits per heavy atom. The molecule has 1 aromatic carbocycles. The Labute approximate surface area is 114 Å². The van der Waals surface area contributed by atoms with Crippen molar-refractivity contribution in [1.29, 1.82) is 0 Å². The lowest BCUT2D eigenvalue weighted by Crippen LogP contribution is -2.19. The summed E-state index contributed by atoms with van der Waals surface area (Å²) in [5, 5.41) is 3.49. The van der Waals surface area contributed by atoms with Gasteiger partial charge in [-0.05, 0) is 43.2 Å². The fraction of sp³-hybridized carbons (Fsp3) is 0.312. The third-order valence-electron chi connectivity index (χ3n) is 3.31. The molecule has 0 aliphatic heterocycles. The maximum atomic E-state index is 5.16. The lowest BCUT2D eigenvalue weighted by molar-refractivity contribution is 0.414. The highest BCUT2D eigenvalue weighted by atomic mass is 16.5. The molecule has 19 heavy (non-hydrogen) atoms. The maximum Gasteiger partial charge on any atom is 0.118 e. The number of hydrogen-bond donors (Lipinski definition) is 1. The van der Waals surface area contributed by atoms with E-state index in [-0.39, 0.29) is 6.04 Å². The van der Waals surface area contributed by atoms with Gasteiger partial charge in [-0.25, -0.2) is 0 Å². The molecular weight excluding hydrogens is 236 g/mol. The largest absolute Gasteiger partial charge is 0.497 e. The standard InChI is InChI=1S/C16H20N2O/c1-12-5-4-10-17-16(12)11-18-13(2)14-6-8-15(19-3)9-7-14/h4-10,13,18H,11H2,1-3H3/t13-/m0/s1. The second-order valence-electron chi connectivity index (χ2n) is 4.64. The van der Waals surface area contributed by atoms with E-state index >= 15 is 0 Å². The summed E-state index contributed by atoms with van der Waals surface area (Å²) in [6, 6.07) is 12.5. The Morgan fingerprint density at radius 1 is 1.21 bits per heavy atom.